The van der Waals surface area contributed by atoms with E-state index >= 15 is 0 Å². The quantitative estimate of drug-likeness (QED) is 0.340. The molecule has 10 heteroatoms. The molecule has 5 rings (SSSR count). The van der Waals surface area contributed by atoms with Gasteiger partial charge in [-0.25, -0.2) is 13.2 Å². The molecule has 0 N–H and O–H groups in total. The molecule has 1 saturated heterocycles. The van der Waals surface area contributed by atoms with Crippen LogP contribution in [0.25, 0.3) is 22.3 Å². The Balaban J connectivity index is 1.50. The number of ether oxygens (including phenoxy) is 2. The molecular weight excluding hydrogens is 518 g/mol. The Bertz CT molecular complexity index is 1640. The third kappa shape index (κ3) is 5.03. The number of carbonyl (C=O) groups excluding carboxylic acids is 1. The molecule has 0 spiro atoms. The van der Waals surface area contributed by atoms with Crippen molar-refractivity contribution in [3.63, 3.8) is 0 Å². The first kappa shape index (κ1) is 25.2. The molecule has 0 aliphatic carbocycles. The molecule has 1 fully saturated rings. The maximum Gasteiger partial charge on any atom is 0.343 e. The second kappa shape index (κ2) is 10.1. The van der Waals surface area contributed by atoms with E-state index in [0.29, 0.717) is 29.4 Å². The van der Waals surface area contributed by atoms with Crippen molar-refractivity contribution in [1.82, 2.24) is 4.31 Å². The van der Waals surface area contributed by atoms with Crippen LogP contribution in [-0.4, -0.2) is 45.0 Å². The van der Waals surface area contributed by atoms with Gasteiger partial charge in [-0.3, -0.25) is 4.79 Å². The molecular formula is C27H22ClNO7S. The standard InChI is InChI=1S/C27H22ClNO7S/c1-17-2-4-18(5-3-17)25-26(24(30)22-16-20(28)8-11-23(22)35-25)36-27(31)19-6-9-21(10-7-19)37(32,33)29-12-14-34-15-13-29/h2-11,16H,12-15H2,1H3. The van der Waals surface area contributed by atoms with Crippen LogP contribution in [0, 0.1) is 6.92 Å². The van der Waals surface area contributed by atoms with E-state index in [-0.39, 0.29) is 40.4 Å². The summed E-state index contributed by atoms with van der Waals surface area (Å²) in [6.07, 6.45) is 0. The minimum atomic E-state index is -3.72. The molecule has 0 saturated carbocycles. The predicted octanol–water partition coefficient (Wildman–Crippen LogP) is 4.66. The molecule has 2 heterocycles. The van der Waals surface area contributed by atoms with Crippen LogP contribution in [0.5, 0.6) is 5.75 Å². The smallest absolute Gasteiger partial charge is 0.343 e. The predicted molar refractivity (Wildman–Crippen MR) is 139 cm³/mol. The van der Waals surface area contributed by atoms with E-state index in [2.05, 4.69) is 0 Å². The number of sulfonamides is 1. The van der Waals surface area contributed by atoms with Gasteiger partial charge in [0, 0.05) is 23.7 Å². The fourth-order valence-corrected chi connectivity index (χ4v) is 5.57. The van der Waals surface area contributed by atoms with Gasteiger partial charge in [0.2, 0.25) is 21.2 Å². The van der Waals surface area contributed by atoms with E-state index in [1.165, 1.54) is 34.6 Å². The van der Waals surface area contributed by atoms with Crippen molar-refractivity contribution in [3.8, 4) is 17.1 Å². The van der Waals surface area contributed by atoms with Crippen molar-refractivity contribution in [2.75, 3.05) is 26.3 Å². The first-order chi connectivity index (χ1) is 17.7. The van der Waals surface area contributed by atoms with Gasteiger partial charge in [-0.15, -0.1) is 0 Å². The van der Waals surface area contributed by atoms with Crippen molar-refractivity contribution in [1.29, 1.82) is 0 Å². The van der Waals surface area contributed by atoms with Crippen LogP contribution in [0.15, 0.2) is 80.8 Å². The minimum absolute atomic E-state index is 0.0474. The van der Waals surface area contributed by atoms with E-state index in [0.717, 1.165) is 5.56 Å². The van der Waals surface area contributed by atoms with Crippen molar-refractivity contribution in [2.45, 2.75) is 11.8 Å². The second-order valence-electron chi connectivity index (χ2n) is 8.53. The minimum Gasteiger partial charge on any atom is -0.452 e. The van der Waals surface area contributed by atoms with Crippen LogP contribution in [0.1, 0.15) is 15.9 Å². The summed E-state index contributed by atoms with van der Waals surface area (Å²) in [5, 5.41) is 0.496. The Labute approximate surface area is 218 Å². The number of hydrogen-bond acceptors (Lipinski definition) is 7. The van der Waals surface area contributed by atoms with E-state index in [1.807, 2.05) is 19.1 Å². The first-order valence-electron chi connectivity index (χ1n) is 11.5. The van der Waals surface area contributed by atoms with Gasteiger partial charge in [-0.05, 0) is 49.4 Å². The average molecular weight is 540 g/mol. The van der Waals surface area contributed by atoms with Crippen molar-refractivity contribution in [2.24, 2.45) is 0 Å². The first-order valence-corrected chi connectivity index (χ1v) is 13.3. The van der Waals surface area contributed by atoms with Crippen LogP contribution < -0.4 is 10.2 Å². The molecule has 1 aromatic heterocycles. The van der Waals surface area contributed by atoms with Crippen molar-refractivity contribution in [3.05, 3.63) is 93.1 Å². The molecule has 3 aromatic carbocycles. The Morgan fingerprint density at radius 2 is 1.65 bits per heavy atom. The summed E-state index contributed by atoms with van der Waals surface area (Å²) < 4.78 is 43.9. The normalized spacial score (nSPS) is 14.5. The van der Waals surface area contributed by atoms with E-state index in [9.17, 15) is 18.0 Å². The highest BCUT2D eigenvalue weighted by Crippen LogP contribution is 2.32. The van der Waals surface area contributed by atoms with Crippen LogP contribution in [0.3, 0.4) is 0 Å². The molecule has 1 aliphatic rings. The molecule has 190 valence electrons. The van der Waals surface area contributed by atoms with Crippen LogP contribution >= 0.6 is 11.6 Å². The van der Waals surface area contributed by atoms with E-state index in [4.69, 9.17) is 25.5 Å². The summed E-state index contributed by atoms with van der Waals surface area (Å²) in [4.78, 5) is 26.5. The summed E-state index contributed by atoms with van der Waals surface area (Å²) in [7, 11) is -3.72. The molecule has 0 radical (unpaired) electrons. The molecule has 0 amide bonds. The van der Waals surface area contributed by atoms with Crippen molar-refractivity contribution >= 4 is 38.6 Å². The Kier molecular flexibility index (Phi) is 6.87. The number of nitrogens with zero attached hydrogens (tertiary/aromatic N) is 1. The zero-order chi connectivity index (χ0) is 26.2. The van der Waals surface area contributed by atoms with Gasteiger partial charge in [-0.2, -0.15) is 4.31 Å². The lowest BCUT2D eigenvalue weighted by atomic mass is 10.1. The molecule has 8 nitrogen and oxygen atoms in total. The van der Waals surface area contributed by atoms with E-state index < -0.39 is 21.4 Å². The fourth-order valence-electron chi connectivity index (χ4n) is 3.99. The van der Waals surface area contributed by atoms with Crippen LogP contribution in [-0.2, 0) is 14.8 Å². The zero-order valence-corrected chi connectivity index (χ0v) is 21.3. The highest BCUT2D eigenvalue weighted by molar-refractivity contribution is 7.89. The molecule has 4 aromatic rings. The van der Waals surface area contributed by atoms with Gasteiger partial charge in [0.15, 0.2) is 5.76 Å². The number of rotatable bonds is 5. The highest BCUT2D eigenvalue weighted by Gasteiger charge is 2.27. The largest absolute Gasteiger partial charge is 0.452 e. The van der Waals surface area contributed by atoms with Gasteiger partial charge in [0.25, 0.3) is 0 Å². The van der Waals surface area contributed by atoms with Gasteiger partial charge in [0.05, 0.1) is 29.1 Å². The lowest BCUT2D eigenvalue weighted by Crippen LogP contribution is -2.40. The molecule has 0 bridgehead atoms. The monoisotopic (exact) mass is 539 g/mol. The SMILES string of the molecule is Cc1ccc(-c2oc3ccc(Cl)cc3c(=O)c2OC(=O)c2ccc(S(=O)(=O)N3CCOCC3)cc2)cc1. The summed E-state index contributed by atoms with van der Waals surface area (Å²) in [5.41, 5.74) is 1.36. The van der Waals surface area contributed by atoms with Crippen LogP contribution in [0.4, 0.5) is 0 Å². The van der Waals surface area contributed by atoms with Gasteiger partial charge in [-0.1, -0.05) is 41.4 Å². The molecule has 1 aliphatic heterocycles. The Morgan fingerprint density at radius 3 is 2.32 bits per heavy atom. The molecule has 0 unspecified atom stereocenters. The third-order valence-electron chi connectivity index (χ3n) is 6.02. The summed E-state index contributed by atoms with van der Waals surface area (Å²) >= 11 is 6.08. The Hall–Kier alpha value is -3.50. The van der Waals surface area contributed by atoms with Gasteiger partial charge >= 0.3 is 5.97 Å². The van der Waals surface area contributed by atoms with Crippen LogP contribution in [0.2, 0.25) is 5.02 Å². The number of hydrogen-bond donors (Lipinski definition) is 0. The number of aryl methyl sites for hydroxylation is 1. The number of halogens is 1. The second-order valence-corrected chi connectivity index (χ2v) is 10.9. The number of carbonyl (C=O) groups is 1. The third-order valence-corrected chi connectivity index (χ3v) is 8.17. The van der Waals surface area contributed by atoms with Crippen molar-refractivity contribution < 1.29 is 27.1 Å². The topological polar surface area (TPSA) is 103 Å². The number of benzene rings is 3. The summed E-state index contributed by atoms with van der Waals surface area (Å²) in [6, 6.07) is 17.2. The lowest BCUT2D eigenvalue weighted by Gasteiger charge is -2.26. The van der Waals surface area contributed by atoms with Gasteiger partial charge in [0.1, 0.15) is 5.58 Å². The number of morpholine rings is 1. The fraction of sp³-hybridized carbons (Fsp3) is 0.185. The molecule has 37 heavy (non-hydrogen) atoms. The summed E-state index contributed by atoms with van der Waals surface area (Å²) in [6.45, 7) is 3.09. The number of fused-ring (bicyclic) bond motifs is 1. The zero-order valence-electron chi connectivity index (χ0n) is 19.8. The summed E-state index contributed by atoms with van der Waals surface area (Å²) in [5.74, 6) is -1.02. The molecule has 0 atom stereocenters. The number of esters is 1. The average Bonchev–Trinajstić information content (AvgIpc) is 2.91. The maximum atomic E-state index is 13.4. The van der Waals surface area contributed by atoms with E-state index in [1.54, 1.807) is 24.3 Å². The van der Waals surface area contributed by atoms with Gasteiger partial charge < -0.3 is 13.9 Å². The lowest BCUT2D eigenvalue weighted by molar-refractivity contribution is 0.0729. The Morgan fingerprint density at radius 1 is 0.973 bits per heavy atom. The maximum absolute atomic E-state index is 13.4. The highest BCUT2D eigenvalue weighted by atomic mass is 35.5.